The molecular weight excluding hydrogens is 359 g/mol. The average molecular weight is 372 g/mol. The van der Waals surface area contributed by atoms with E-state index in [1.54, 1.807) is 6.07 Å². The largest absolute Gasteiger partial charge is 0.486 e. The third-order valence-electron chi connectivity index (χ3n) is 3.44. The minimum atomic E-state index is -0.393. The normalized spacial score (nSPS) is 14.9. The van der Waals surface area contributed by atoms with Crippen LogP contribution >= 0.6 is 27.5 Å². The number of ether oxygens (including phenoxy) is 2. The van der Waals surface area contributed by atoms with E-state index in [9.17, 15) is 4.39 Å². The van der Waals surface area contributed by atoms with E-state index in [1.807, 2.05) is 19.1 Å². The molecule has 0 N–H and O–H groups in total. The van der Waals surface area contributed by atoms with Crippen LogP contribution < -0.4 is 9.47 Å². The molecule has 2 nitrogen and oxygen atoms in total. The molecule has 1 heterocycles. The van der Waals surface area contributed by atoms with Gasteiger partial charge in [-0.2, -0.15) is 0 Å². The molecule has 0 aromatic heterocycles. The van der Waals surface area contributed by atoms with Crippen LogP contribution in [0.15, 0.2) is 34.8 Å². The molecule has 110 valence electrons. The molecule has 0 saturated heterocycles. The van der Waals surface area contributed by atoms with Crippen LogP contribution in [0, 0.1) is 12.7 Å². The highest BCUT2D eigenvalue weighted by Gasteiger charge is 2.21. The van der Waals surface area contributed by atoms with Crippen molar-refractivity contribution in [3.05, 3.63) is 57.3 Å². The van der Waals surface area contributed by atoms with Crippen molar-refractivity contribution in [3.8, 4) is 11.5 Å². The fraction of sp³-hybridized carbons (Fsp3) is 0.250. The monoisotopic (exact) mass is 370 g/mol. The van der Waals surface area contributed by atoms with E-state index in [4.69, 9.17) is 21.1 Å². The van der Waals surface area contributed by atoms with Crippen LogP contribution in [-0.2, 0) is 0 Å². The summed E-state index contributed by atoms with van der Waals surface area (Å²) in [6.45, 7) is 2.91. The van der Waals surface area contributed by atoms with E-state index in [0.29, 0.717) is 24.7 Å². The van der Waals surface area contributed by atoms with E-state index in [1.165, 1.54) is 12.1 Å². The van der Waals surface area contributed by atoms with Crippen LogP contribution in [0.1, 0.15) is 22.1 Å². The Kier molecular flexibility index (Phi) is 4.09. The molecule has 1 unspecified atom stereocenters. The van der Waals surface area contributed by atoms with Crippen molar-refractivity contribution >= 4 is 27.5 Å². The van der Waals surface area contributed by atoms with Crippen LogP contribution in [0.25, 0.3) is 0 Å². The lowest BCUT2D eigenvalue weighted by Crippen LogP contribution is -2.15. The minimum absolute atomic E-state index is 0.263. The van der Waals surface area contributed by atoms with Crippen molar-refractivity contribution in [2.24, 2.45) is 0 Å². The van der Waals surface area contributed by atoms with Crippen LogP contribution in [0.4, 0.5) is 4.39 Å². The molecule has 3 rings (SSSR count). The lowest BCUT2D eigenvalue weighted by molar-refractivity contribution is 0.171. The third kappa shape index (κ3) is 2.87. The van der Waals surface area contributed by atoms with Gasteiger partial charge in [0.05, 0.1) is 5.38 Å². The molecule has 1 atom stereocenters. The number of alkyl halides is 1. The van der Waals surface area contributed by atoms with E-state index in [2.05, 4.69) is 15.9 Å². The highest BCUT2D eigenvalue weighted by molar-refractivity contribution is 9.10. The van der Waals surface area contributed by atoms with Crippen LogP contribution in [-0.4, -0.2) is 13.2 Å². The van der Waals surface area contributed by atoms with Gasteiger partial charge < -0.3 is 9.47 Å². The zero-order valence-corrected chi connectivity index (χ0v) is 13.7. The maximum Gasteiger partial charge on any atom is 0.162 e. The Morgan fingerprint density at radius 3 is 2.43 bits per heavy atom. The first-order valence-corrected chi connectivity index (χ1v) is 7.78. The Hall–Kier alpha value is -1.26. The van der Waals surface area contributed by atoms with Gasteiger partial charge in [-0.25, -0.2) is 4.39 Å². The van der Waals surface area contributed by atoms with E-state index in [0.717, 1.165) is 21.2 Å². The number of halogens is 3. The molecular formula is C16H13BrClFO2. The number of benzene rings is 2. The molecule has 1 aliphatic rings. The second kappa shape index (κ2) is 5.85. The van der Waals surface area contributed by atoms with Gasteiger partial charge in [0.1, 0.15) is 19.0 Å². The van der Waals surface area contributed by atoms with Crippen molar-refractivity contribution in [2.75, 3.05) is 13.2 Å². The third-order valence-corrected chi connectivity index (χ3v) is 4.60. The molecule has 0 spiro atoms. The molecule has 0 bridgehead atoms. The second-order valence-corrected chi connectivity index (χ2v) is 6.17. The molecule has 21 heavy (non-hydrogen) atoms. The maximum absolute atomic E-state index is 13.2. The van der Waals surface area contributed by atoms with Gasteiger partial charge in [-0.1, -0.05) is 22.0 Å². The first-order valence-electron chi connectivity index (χ1n) is 6.55. The van der Waals surface area contributed by atoms with Gasteiger partial charge in [-0.15, -0.1) is 11.6 Å². The van der Waals surface area contributed by atoms with Gasteiger partial charge in [-0.05, 0) is 47.9 Å². The first-order chi connectivity index (χ1) is 10.1. The summed E-state index contributed by atoms with van der Waals surface area (Å²) in [6.07, 6.45) is 0. The lowest BCUT2D eigenvalue weighted by Gasteiger charge is -2.22. The van der Waals surface area contributed by atoms with Crippen molar-refractivity contribution < 1.29 is 13.9 Å². The second-order valence-electron chi connectivity index (χ2n) is 4.88. The zero-order chi connectivity index (χ0) is 15.0. The van der Waals surface area contributed by atoms with Gasteiger partial charge in [0.15, 0.2) is 11.5 Å². The summed E-state index contributed by atoms with van der Waals surface area (Å²) in [5.41, 5.74) is 2.56. The van der Waals surface area contributed by atoms with Gasteiger partial charge in [0, 0.05) is 4.47 Å². The van der Waals surface area contributed by atoms with Gasteiger partial charge >= 0.3 is 0 Å². The molecule has 0 fully saturated rings. The average Bonchev–Trinajstić information content (AvgIpc) is 2.46. The number of hydrogen-bond donors (Lipinski definition) is 0. The molecule has 1 aliphatic heterocycles. The SMILES string of the molecule is Cc1cc(F)ccc1C(Cl)c1cc2c(cc1Br)OCCO2. The Labute approximate surface area is 136 Å². The van der Waals surface area contributed by atoms with Crippen LogP contribution in [0.5, 0.6) is 11.5 Å². The first kappa shape index (κ1) is 14.7. The molecule has 0 saturated carbocycles. The molecule has 0 radical (unpaired) electrons. The van der Waals surface area contributed by atoms with Crippen LogP contribution in [0.3, 0.4) is 0 Å². The summed E-state index contributed by atoms with van der Waals surface area (Å²) in [5.74, 6) is 1.13. The minimum Gasteiger partial charge on any atom is -0.486 e. The predicted octanol–water partition coefficient (Wildman–Crippen LogP) is 5.00. The number of fused-ring (bicyclic) bond motifs is 1. The van der Waals surface area contributed by atoms with E-state index < -0.39 is 5.38 Å². The van der Waals surface area contributed by atoms with Crippen molar-refractivity contribution in [1.82, 2.24) is 0 Å². The molecule has 2 aromatic carbocycles. The summed E-state index contributed by atoms with van der Waals surface area (Å²) >= 11 is 10.1. The Bertz CT molecular complexity index is 690. The Morgan fingerprint density at radius 1 is 1.10 bits per heavy atom. The lowest BCUT2D eigenvalue weighted by atomic mass is 9.99. The number of hydrogen-bond acceptors (Lipinski definition) is 2. The van der Waals surface area contributed by atoms with Gasteiger partial charge in [-0.3, -0.25) is 0 Å². The molecule has 2 aromatic rings. The quantitative estimate of drug-likeness (QED) is 0.692. The zero-order valence-electron chi connectivity index (χ0n) is 11.3. The maximum atomic E-state index is 13.2. The smallest absolute Gasteiger partial charge is 0.162 e. The Balaban J connectivity index is 2.03. The molecule has 0 aliphatic carbocycles. The number of aryl methyl sites for hydroxylation is 1. The van der Waals surface area contributed by atoms with Crippen molar-refractivity contribution in [2.45, 2.75) is 12.3 Å². The molecule has 0 amide bonds. The summed E-state index contributed by atoms with van der Waals surface area (Å²) < 4.78 is 25.2. The van der Waals surface area contributed by atoms with Crippen molar-refractivity contribution in [3.63, 3.8) is 0 Å². The van der Waals surface area contributed by atoms with E-state index >= 15 is 0 Å². The van der Waals surface area contributed by atoms with Gasteiger partial charge in [0.25, 0.3) is 0 Å². The predicted molar refractivity (Wildman–Crippen MR) is 84.0 cm³/mol. The summed E-state index contributed by atoms with van der Waals surface area (Å²) in [5, 5.41) is -0.393. The fourth-order valence-corrected chi connectivity index (χ4v) is 3.47. The molecule has 5 heteroatoms. The summed E-state index contributed by atoms with van der Waals surface area (Å²) in [7, 11) is 0. The van der Waals surface area contributed by atoms with Gasteiger partial charge in [0.2, 0.25) is 0 Å². The van der Waals surface area contributed by atoms with Crippen molar-refractivity contribution in [1.29, 1.82) is 0 Å². The fourth-order valence-electron chi connectivity index (χ4n) is 2.36. The number of rotatable bonds is 2. The summed E-state index contributed by atoms with van der Waals surface area (Å²) in [4.78, 5) is 0. The summed E-state index contributed by atoms with van der Waals surface area (Å²) in [6, 6.07) is 8.35. The van der Waals surface area contributed by atoms with Crippen LogP contribution in [0.2, 0.25) is 0 Å². The highest BCUT2D eigenvalue weighted by Crippen LogP contribution is 2.42. The topological polar surface area (TPSA) is 18.5 Å². The van der Waals surface area contributed by atoms with E-state index in [-0.39, 0.29) is 5.82 Å². The highest BCUT2D eigenvalue weighted by atomic mass is 79.9. The Morgan fingerprint density at radius 2 is 1.76 bits per heavy atom. The standard InChI is InChI=1S/C16H13BrClFO2/c1-9-6-10(19)2-3-11(9)16(18)12-7-14-15(8-13(12)17)21-5-4-20-14/h2-3,6-8,16H,4-5H2,1H3.